The molecule has 7 heteroatoms. The Morgan fingerprint density at radius 3 is 2.23 bits per heavy atom. The summed E-state index contributed by atoms with van der Waals surface area (Å²) < 4.78 is 27.4. The van der Waals surface area contributed by atoms with Gasteiger partial charge in [-0.25, -0.2) is 8.42 Å². The molecular weight excluding hydrogens is 410 g/mol. The number of amides is 1. The van der Waals surface area contributed by atoms with E-state index in [0.717, 1.165) is 64.3 Å². The van der Waals surface area contributed by atoms with Crippen molar-refractivity contribution in [1.29, 1.82) is 0 Å². The molecule has 1 aromatic carbocycles. The van der Waals surface area contributed by atoms with Crippen LogP contribution >= 0.6 is 0 Å². The number of nitrogens with zero attached hydrogens (tertiary/aromatic N) is 3. The molecule has 6 nitrogen and oxygen atoms in total. The Bertz CT molecular complexity index is 884. The van der Waals surface area contributed by atoms with E-state index in [-0.39, 0.29) is 11.3 Å². The minimum absolute atomic E-state index is 0.146. The summed E-state index contributed by atoms with van der Waals surface area (Å²) in [4.78, 5) is 18.2. The van der Waals surface area contributed by atoms with Crippen LogP contribution in [0.15, 0.2) is 35.2 Å². The van der Waals surface area contributed by atoms with E-state index < -0.39 is 10.0 Å². The van der Waals surface area contributed by atoms with Crippen LogP contribution in [0.2, 0.25) is 0 Å². The molecular formula is C24H35N3O3S. The Morgan fingerprint density at radius 2 is 1.58 bits per heavy atom. The molecule has 0 N–H and O–H groups in total. The minimum Gasteiger partial charge on any atom is -0.341 e. The highest BCUT2D eigenvalue weighted by Gasteiger charge is 2.50. The van der Waals surface area contributed by atoms with Crippen molar-refractivity contribution in [3.05, 3.63) is 30.3 Å². The zero-order valence-corrected chi connectivity index (χ0v) is 19.2. The summed E-state index contributed by atoms with van der Waals surface area (Å²) >= 11 is 0. The third-order valence-electron chi connectivity index (χ3n) is 8.31. The summed E-state index contributed by atoms with van der Waals surface area (Å²) in [7, 11) is -3.40. The van der Waals surface area contributed by atoms with E-state index in [2.05, 4.69) is 9.80 Å². The van der Waals surface area contributed by atoms with Crippen LogP contribution in [0.1, 0.15) is 51.4 Å². The number of carbonyl (C=O) groups is 1. The molecule has 1 amide bonds. The van der Waals surface area contributed by atoms with Gasteiger partial charge in [0.25, 0.3) is 0 Å². The van der Waals surface area contributed by atoms with Gasteiger partial charge in [0, 0.05) is 51.2 Å². The van der Waals surface area contributed by atoms with Gasteiger partial charge in [-0.05, 0) is 62.5 Å². The number of rotatable bonds is 4. The summed E-state index contributed by atoms with van der Waals surface area (Å²) in [6, 6.07) is 9.49. The third-order valence-corrected chi connectivity index (χ3v) is 10.2. The van der Waals surface area contributed by atoms with E-state index >= 15 is 0 Å². The van der Waals surface area contributed by atoms with Gasteiger partial charge in [0.15, 0.2) is 0 Å². The van der Waals surface area contributed by atoms with Gasteiger partial charge in [-0.2, -0.15) is 4.31 Å². The van der Waals surface area contributed by atoms with Gasteiger partial charge in [0.2, 0.25) is 15.9 Å². The summed E-state index contributed by atoms with van der Waals surface area (Å²) in [6.07, 6.45) is 8.73. The summed E-state index contributed by atoms with van der Waals surface area (Å²) in [5.41, 5.74) is 0.173. The summed E-state index contributed by atoms with van der Waals surface area (Å²) in [5, 5.41) is 0. The second-order valence-electron chi connectivity index (χ2n) is 10.1. The SMILES string of the molecule is O=C(C1CC2(CCN(S(=O)(=O)c3ccccc3)CC2)C1)N1CCCN(C2CCC2)CC1. The molecule has 1 spiro atoms. The molecule has 0 bridgehead atoms. The number of sulfonamides is 1. The molecule has 5 rings (SSSR count). The lowest BCUT2D eigenvalue weighted by Crippen LogP contribution is -2.53. The van der Waals surface area contributed by atoms with Crippen molar-refractivity contribution in [2.24, 2.45) is 11.3 Å². The lowest BCUT2D eigenvalue weighted by molar-refractivity contribution is -0.145. The molecule has 4 aliphatic rings. The molecule has 0 unspecified atom stereocenters. The van der Waals surface area contributed by atoms with Crippen LogP contribution in [0, 0.1) is 11.3 Å². The number of carbonyl (C=O) groups excluding carboxylic acids is 1. The Balaban J connectivity index is 1.12. The first-order chi connectivity index (χ1) is 15.0. The van der Waals surface area contributed by atoms with Crippen LogP contribution in [0.5, 0.6) is 0 Å². The highest BCUT2D eigenvalue weighted by Crippen LogP contribution is 2.53. The van der Waals surface area contributed by atoms with E-state index in [1.165, 1.54) is 19.3 Å². The Hall–Kier alpha value is -1.44. The van der Waals surface area contributed by atoms with Gasteiger partial charge in [-0.1, -0.05) is 24.6 Å². The fraction of sp³-hybridized carbons (Fsp3) is 0.708. The number of piperidine rings is 1. The average Bonchev–Trinajstić information content (AvgIpc) is 2.97. The highest BCUT2D eigenvalue weighted by molar-refractivity contribution is 7.89. The molecule has 2 heterocycles. The van der Waals surface area contributed by atoms with Crippen molar-refractivity contribution in [2.75, 3.05) is 39.3 Å². The van der Waals surface area contributed by atoms with Gasteiger partial charge in [-0.3, -0.25) is 9.69 Å². The van der Waals surface area contributed by atoms with Crippen LogP contribution in [-0.2, 0) is 14.8 Å². The molecule has 2 saturated carbocycles. The standard InChI is InChI=1S/C24H35N3O3S/c28-23(26-13-5-12-25(16-17-26)21-6-4-7-21)20-18-24(19-20)10-14-27(15-11-24)31(29,30)22-8-2-1-3-9-22/h1-3,8-9,20-21H,4-7,10-19H2. The van der Waals surface area contributed by atoms with Crippen molar-refractivity contribution < 1.29 is 13.2 Å². The smallest absolute Gasteiger partial charge is 0.243 e. The summed E-state index contributed by atoms with van der Waals surface area (Å²) in [5.74, 6) is 0.493. The van der Waals surface area contributed by atoms with Crippen molar-refractivity contribution >= 4 is 15.9 Å². The molecule has 2 saturated heterocycles. The maximum absolute atomic E-state index is 13.1. The quantitative estimate of drug-likeness (QED) is 0.715. The molecule has 0 aromatic heterocycles. The highest BCUT2D eigenvalue weighted by atomic mass is 32.2. The maximum atomic E-state index is 13.1. The van der Waals surface area contributed by atoms with Crippen LogP contribution in [0.4, 0.5) is 0 Å². The zero-order chi connectivity index (χ0) is 21.5. The number of hydrogen-bond acceptors (Lipinski definition) is 4. The van der Waals surface area contributed by atoms with Crippen LogP contribution < -0.4 is 0 Å². The average molecular weight is 446 g/mol. The zero-order valence-electron chi connectivity index (χ0n) is 18.4. The Morgan fingerprint density at radius 1 is 0.871 bits per heavy atom. The molecule has 0 radical (unpaired) electrons. The van der Waals surface area contributed by atoms with Crippen molar-refractivity contribution in [1.82, 2.24) is 14.1 Å². The van der Waals surface area contributed by atoms with Gasteiger partial charge in [-0.15, -0.1) is 0 Å². The van der Waals surface area contributed by atoms with Gasteiger partial charge >= 0.3 is 0 Å². The van der Waals surface area contributed by atoms with Crippen molar-refractivity contribution in [3.63, 3.8) is 0 Å². The maximum Gasteiger partial charge on any atom is 0.243 e. The molecule has 31 heavy (non-hydrogen) atoms. The van der Waals surface area contributed by atoms with Gasteiger partial charge < -0.3 is 4.90 Å². The van der Waals surface area contributed by atoms with E-state index in [4.69, 9.17) is 0 Å². The topological polar surface area (TPSA) is 60.9 Å². The van der Waals surface area contributed by atoms with Crippen molar-refractivity contribution in [2.45, 2.75) is 62.3 Å². The number of benzene rings is 1. The van der Waals surface area contributed by atoms with E-state index in [1.807, 2.05) is 6.07 Å². The molecule has 2 aliphatic carbocycles. The first kappa shape index (κ1) is 21.4. The molecule has 1 aromatic rings. The lowest BCUT2D eigenvalue weighted by atomic mass is 9.57. The molecule has 170 valence electrons. The fourth-order valence-corrected chi connectivity index (χ4v) is 7.51. The predicted molar refractivity (Wildman–Crippen MR) is 120 cm³/mol. The van der Waals surface area contributed by atoms with E-state index in [0.29, 0.717) is 23.9 Å². The second-order valence-corrected chi connectivity index (χ2v) is 12.1. The molecule has 2 aliphatic heterocycles. The Kier molecular flexibility index (Phi) is 5.86. The first-order valence-corrected chi connectivity index (χ1v) is 13.5. The van der Waals surface area contributed by atoms with Crippen LogP contribution in [-0.4, -0.2) is 73.7 Å². The van der Waals surface area contributed by atoms with E-state index in [9.17, 15) is 13.2 Å². The molecule has 0 atom stereocenters. The molecule has 4 fully saturated rings. The number of hydrogen-bond donors (Lipinski definition) is 0. The first-order valence-electron chi connectivity index (χ1n) is 12.0. The largest absolute Gasteiger partial charge is 0.341 e. The van der Waals surface area contributed by atoms with Gasteiger partial charge in [0.1, 0.15) is 0 Å². The van der Waals surface area contributed by atoms with E-state index in [1.54, 1.807) is 28.6 Å². The van der Waals surface area contributed by atoms with Crippen molar-refractivity contribution in [3.8, 4) is 0 Å². The Labute approximate surface area is 186 Å². The monoisotopic (exact) mass is 445 g/mol. The normalized spacial score (nSPS) is 26.3. The van der Waals surface area contributed by atoms with Crippen LogP contribution in [0.25, 0.3) is 0 Å². The fourth-order valence-electron chi connectivity index (χ4n) is 6.04. The summed E-state index contributed by atoms with van der Waals surface area (Å²) in [6.45, 7) is 5.07. The lowest BCUT2D eigenvalue weighted by Gasteiger charge is -2.52. The minimum atomic E-state index is -3.40. The van der Waals surface area contributed by atoms with Gasteiger partial charge in [0.05, 0.1) is 4.90 Å². The third kappa shape index (κ3) is 4.16. The van der Waals surface area contributed by atoms with Crippen LogP contribution in [0.3, 0.4) is 0 Å². The predicted octanol–water partition coefficient (Wildman–Crippen LogP) is 2.95. The second kappa shape index (κ2) is 8.49.